The van der Waals surface area contributed by atoms with Crippen LogP contribution >= 0.6 is 0 Å². The number of hydrogen-bond donors (Lipinski definition) is 3. The molecule has 0 aliphatic heterocycles. The Morgan fingerprint density at radius 3 is 2.62 bits per heavy atom. The first kappa shape index (κ1) is 20.0. The third-order valence-electron chi connectivity index (χ3n) is 3.61. The quantitative estimate of drug-likeness (QED) is 0.347. The van der Waals surface area contributed by atoms with Crippen LogP contribution in [-0.2, 0) is 11.3 Å². The maximum Gasteiger partial charge on any atom is 0.251 e. The molecule has 0 bridgehead atoms. The first-order chi connectivity index (χ1) is 11.6. The van der Waals surface area contributed by atoms with Gasteiger partial charge in [0.1, 0.15) is 0 Å². The second-order valence-electron chi connectivity index (χ2n) is 5.66. The number of rotatable bonds is 10. The Morgan fingerprint density at radius 1 is 1.29 bits per heavy atom. The average molecular weight is 334 g/mol. The molecule has 0 spiro atoms. The van der Waals surface area contributed by atoms with Gasteiger partial charge in [-0.05, 0) is 44.4 Å². The fraction of sp³-hybridized carbons (Fsp3) is 0.556. The molecule has 1 aromatic rings. The summed E-state index contributed by atoms with van der Waals surface area (Å²) in [7, 11) is 0. The van der Waals surface area contributed by atoms with Gasteiger partial charge >= 0.3 is 0 Å². The van der Waals surface area contributed by atoms with Crippen molar-refractivity contribution in [3.05, 3.63) is 35.4 Å². The molecule has 1 rings (SSSR count). The summed E-state index contributed by atoms with van der Waals surface area (Å²) in [5.74, 6) is 0.375. The Kier molecular flexibility index (Phi) is 9.53. The van der Waals surface area contributed by atoms with Crippen molar-refractivity contribution in [2.75, 3.05) is 19.8 Å². The normalized spacial score (nSPS) is 12.7. The number of benzene rings is 1. The molecule has 6 nitrogen and oxygen atoms in total. The third kappa shape index (κ3) is 7.97. The maximum atomic E-state index is 12.0. The lowest BCUT2D eigenvalue weighted by Crippen LogP contribution is -2.32. The summed E-state index contributed by atoms with van der Waals surface area (Å²) in [6.45, 7) is 8.68. The first-order valence-electron chi connectivity index (χ1n) is 8.58. The molecule has 24 heavy (non-hydrogen) atoms. The number of guanidine groups is 1. The van der Waals surface area contributed by atoms with E-state index in [4.69, 9.17) is 10.5 Å². The van der Waals surface area contributed by atoms with Gasteiger partial charge in [0.15, 0.2) is 5.96 Å². The van der Waals surface area contributed by atoms with Crippen LogP contribution in [0, 0.1) is 0 Å². The Balaban J connectivity index is 2.40. The van der Waals surface area contributed by atoms with Crippen molar-refractivity contribution in [1.82, 2.24) is 10.6 Å². The van der Waals surface area contributed by atoms with E-state index in [0.29, 0.717) is 18.1 Å². The molecule has 0 heterocycles. The van der Waals surface area contributed by atoms with E-state index < -0.39 is 0 Å². The minimum absolute atomic E-state index is 0.0464. The number of nitrogens with one attached hydrogen (secondary N) is 2. The maximum absolute atomic E-state index is 12.0. The van der Waals surface area contributed by atoms with Gasteiger partial charge in [0.2, 0.25) is 0 Å². The van der Waals surface area contributed by atoms with Gasteiger partial charge in [0.05, 0.1) is 6.54 Å². The second-order valence-corrected chi connectivity index (χ2v) is 5.66. The molecule has 1 amide bonds. The number of nitrogens with two attached hydrogens (primary N) is 1. The van der Waals surface area contributed by atoms with Gasteiger partial charge in [-0.3, -0.25) is 4.79 Å². The van der Waals surface area contributed by atoms with Crippen LogP contribution in [0.4, 0.5) is 0 Å². The summed E-state index contributed by atoms with van der Waals surface area (Å²) in [5, 5.41) is 6.00. The van der Waals surface area contributed by atoms with Crippen molar-refractivity contribution >= 4 is 11.9 Å². The number of amides is 1. The van der Waals surface area contributed by atoms with Gasteiger partial charge in [-0.15, -0.1) is 0 Å². The first-order valence-corrected chi connectivity index (χ1v) is 8.58. The molecule has 1 atom stereocenters. The lowest BCUT2D eigenvalue weighted by atomic mass is 10.1. The molecule has 1 unspecified atom stereocenters. The molecule has 0 aliphatic carbocycles. The summed E-state index contributed by atoms with van der Waals surface area (Å²) < 4.78 is 5.25. The fourth-order valence-electron chi connectivity index (χ4n) is 1.94. The zero-order valence-electron chi connectivity index (χ0n) is 15.0. The van der Waals surface area contributed by atoms with Crippen LogP contribution in [0.5, 0.6) is 0 Å². The van der Waals surface area contributed by atoms with Crippen molar-refractivity contribution in [3.8, 4) is 0 Å². The highest BCUT2D eigenvalue weighted by molar-refractivity contribution is 5.94. The van der Waals surface area contributed by atoms with E-state index in [2.05, 4.69) is 15.6 Å². The van der Waals surface area contributed by atoms with Crippen LogP contribution < -0.4 is 16.4 Å². The van der Waals surface area contributed by atoms with E-state index >= 15 is 0 Å². The molecule has 0 aliphatic rings. The van der Waals surface area contributed by atoms with Crippen LogP contribution in [-0.4, -0.2) is 37.7 Å². The Labute approximate surface area is 144 Å². The highest BCUT2D eigenvalue weighted by atomic mass is 16.5. The average Bonchev–Trinajstić information content (AvgIpc) is 2.60. The van der Waals surface area contributed by atoms with Crippen molar-refractivity contribution < 1.29 is 9.53 Å². The predicted molar refractivity (Wildman–Crippen MR) is 98.1 cm³/mol. The Morgan fingerprint density at radius 2 is 2.00 bits per heavy atom. The molecule has 0 fully saturated rings. The summed E-state index contributed by atoms with van der Waals surface area (Å²) >= 11 is 0. The number of aliphatic imine (C=N–C) groups is 1. The molecular formula is C18H30N4O2. The molecular weight excluding hydrogens is 304 g/mol. The van der Waals surface area contributed by atoms with E-state index in [9.17, 15) is 4.79 Å². The molecule has 0 saturated heterocycles. The van der Waals surface area contributed by atoms with Crippen LogP contribution in [0.3, 0.4) is 0 Å². The standard InChI is InChI=1S/C18H30N4O2/c1-4-14(3)22-17(23)16-9-7-15(8-10-16)13-21-18(19)20-11-6-12-24-5-2/h7-10,14H,4-6,11-13H2,1-3H3,(H,22,23)(H3,19,20,21). The SMILES string of the molecule is CCOCCCNC(N)=NCc1ccc(C(=O)NC(C)CC)cc1. The monoisotopic (exact) mass is 334 g/mol. The van der Waals surface area contributed by atoms with Crippen molar-refractivity contribution in [3.63, 3.8) is 0 Å². The van der Waals surface area contributed by atoms with E-state index in [1.54, 1.807) is 0 Å². The summed E-state index contributed by atoms with van der Waals surface area (Å²) in [6, 6.07) is 7.60. The number of nitrogens with zero attached hydrogens (tertiary/aromatic N) is 1. The van der Waals surface area contributed by atoms with Crippen molar-refractivity contribution in [1.29, 1.82) is 0 Å². The third-order valence-corrected chi connectivity index (χ3v) is 3.61. The molecule has 0 aromatic heterocycles. The van der Waals surface area contributed by atoms with E-state index in [-0.39, 0.29) is 11.9 Å². The van der Waals surface area contributed by atoms with Crippen molar-refractivity contribution in [2.24, 2.45) is 10.7 Å². The molecule has 0 saturated carbocycles. The zero-order chi connectivity index (χ0) is 17.8. The minimum atomic E-state index is -0.0464. The molecule has 6 heteroatoms. The number of hydrogen-bond acceptors (Lipinski definition) is 3. The summed E-state index contributed by atoms with van der Waals surface area (Å²) in [4.78, 5) is 16.3. The van der Waals surface area contributed by atoms with Gasteiger partial charge < -0.3 is 21.1 Å². The van der Waals surface area contributed by atoms with E-state index in [1.165, 1.54) is 0 Å². The zero-order valence-corrected chi connectivity index (χ0v) is 15.0. The second kappa shape index (κ2) is 11.5. The highest BCUT2D eigenvalue weighted by Gasteiger charge is 2.07. The minimum Gasteiger partial charge on any atom is -0.382 e. The lowest BCUT2D eigenvalue weighted by Gasteiger charge is -2.11. The Bertz CT molecular complexity index is 514. The molecule has 0 radical (unpaired) electrons. The van der Waals surface area contributed by atoms with E-state index in [0.717, 1.165) is 38.2 Å². The van der Waals surface area contributed by atoms with Crippen LogP contribution in [0.25, 0.3) is 0 Å². The topological polar surface area (TPSA) is 88.7 Å². The predicted octanol–water partition coefficient (Wildman–Crippen LogP) is 2.05. The number of carbonyl (C=O) groups excluding carboxylic acids is 1. The van der Waals surface area contributed by atoms with Crippen LogP contribution in [0.1, 0.15) is 49.5 Å². The number of carbonyl (C=O) groups is 1. The molecule has 4 N–H and O–H groups in total. The van der Waals surface area contributed by atoms with Gasteiger partial charge in [-0.2, -0.15) is 0 Å². The van der Waals surface area contributed by atoms with Gasteiger partial charge in [0, 0.05) is 31.4 Å². The summed E-state index contributed by atoms with van der Waals surface area (Å²) in [5.41, 5.74) is 7.48. The largest absolute Gasteiger partial charge is 0.382 e. The smallest absolute Gasteiger partial charge is 0.251 e. The van der Waals surface area contributed by atoms with E-state index in [1.807, 2.05) is 45.0 Å². The molecule has 134 valence electrons. The fourth-order valence-corrected chi connectivity index (χ4v) is 1.94. The Hall–Kier alpha value is -2.08. The summed E-state index contributed by atoms with van der Waals surface area (Å²) in [6.07, 6.45) is 1.80. The highest BCUT2D eigenvalue weighted by Crippen LogP contribution is 2.06. The van der Waals surface area contributed by atoms with Gasteiger partial charge in [-0.1, -0.05) is 19.1 Å². The van der Waals surface area contributed by atoms with Crippen LogP contribution in [0.15, 0.2) is 29.3 Å². The van der Waals surface area contributed by atoms with Crippen molar-refractivity contribution in [2.45, 2.75) is 46.2 Å². The van der Waals surface area contributed by atoms with Gasteiger partial charge in [-0.25, -0.2) is 4.99 Å². The molecule has 1 aromatic carbocycles. The number of ether oxygens (including phenoxy) is 1. The lowest BCUT2D eigenvalue weighted by molar-refractivity contribution is 0.0939. The van der Waals surface area contributed by atoms with Gasteiger partial charge in [0.25, 0.3) is 5.91 Å². The van der Waals surface area contributed by atoms with Crippen LogP contribution in [0.2, 0.25) is 0 Å².